The van der Waals surface area contributed by atoms with Crippen LogP contribution < -0.4 is 0 Å². The number of fused-ring (bicyclic) bond motifs is 1. The molecule has 4 atom stereocenters. The average Bonchev–Trinajstić information content (AvgIpc) is 3.20. The standard InChI is InChI=1S/C24H30O11S2/c1-4-29-24-34-22-20(13-32-36(25,26)18-9-5-16(2)6-10-18)30-15-31-21(23(22)35-24)14-33-37(27,28)19-11-7-17(3)8-12-19/h5-12,20-24H,4,13-15H2,1-3H3/t20-,21-,22-,23-/m1/s1. The Morgan fingerprint density at radius 2 is 1.14 bits per heavy atom. The number of rotatable bonds is 10. The zero-order valence-corrected chi connectivity index (χ0v) is 22.3. The molecule has 0 unspecified atom stereocenters. The topological polar surface area (TPSA) is 133 Å². The van der Waals surface area contributed by atoms with E-state index in [1.165, 1.54) is 24.3 Å². The van der Waals surface area contributed by atoms with Crippen LogP contribution in [0.25, 0.3) is 0 Å². The van der Waals surface area contributed by atoms with E-state index in [-0.39, 0.29) is 23.2 Å². The lowest BCUT2D eigenvalue weighted by Crippen LogP contribution is -2.45. The normalized spacial score (nSPS) is 25.1. The van der Waals surface area contributed by atoms with Crippen LogP contribution in [0, 0.1) is 13.8 Å². The minimum Gasteiger partial charge on any atom is -0.347 e. The van der Waals surface area contributed by atoms with Gasteiger partial charge in [-0.25, -0.2) is 0 Å². The molecule has 2 aromatic carbocycles. The van der Waals surface area contributed by atoms with Gasteiger partial charge in [0.2, 0.25) is 0 Å². The van der Waals surface area contributed by atoms with Gasteiger partial charge < -0.3 is 23.7 Å². The van der Waals surface area contributed by atoms with Crippen LogP contribution in [0.3, 0.4) is 0 Å². The molecule has 4 rings (SSSR count). The summed E-state index contributed by atoms with van der Waals surface area (Å²) in [6.07, 6.45) is -3.62. The van der Waals surface area contributed by atoms with Crippen molar-refractivity contribution >= 4 is 20.2 Å². The largest absolute Gasteiger partial charge is 0.347 e. The van der Waals surface area contributed by atoms with Gasteiger partial charge in [-0.05, 0) is 45.0 Å². The molecule has 0 saturated carbocycles. The summed E-state index contributed by atoms with van der Waals surface area (Å²) in [7, 11) is -8.14. The number of aryl methyl sites for hydroxylation is 2. The average molecular weight is 559 g/mol. The second-order valence-corrected chi connectivity index (χ2v) is 11.8. The molecule has 0 spiro atoms. The van der Waals surface area contributed by atoms with Gasteiger partial charge in [0.1, 0.15) is 31.2 Å². The first-order valence-corrected chi connectivity index (χ1v) is 14.5. The molecule has 0 N–H and O–H groups in total. The first kappa shape index (κ1) is 28.1. The zero-order valence-electron chi connectivity index (χ0n) is 20.6. The summed E-state index contributed by atoms with van der Waals surface area (Å²) in [4.78, 5) is 0.00536. The first-order chi connectivity index (χ1) is 17.6. The molecule has 2 saturated heterocycles. The molecule has 2 fully saturated rings. The summed E-state index contributed by atoms with van der Waals surface area (Å²) in [5.41, 5.74) is 1.81. The predicted octanol–water partition coefficient (Wildman–Crippen LogP) is 2.26. The molecule has 37 heavy (non-hydrogen) atoms. The van der Waals surface area contributed by atoms with Gasteiger partial charge in [-0.1, -0.05) is 35.4 Å². The fourth-order valence-electron chi connectivity index (χ4n) is 3.81. The number of hydrogen-bond acceptors (Lipinski definition) is 11. The van der Waals surface area contributed by atoms with Gasteiger partial charge >= 0.3 is 0 Å². The molecule has 11 nitrogen and oxygen atoms in total. The lowest BCUT2D eigenvalue weighted by Gasteiger charge is -2.24. The maximum Gasteiger partial charge on any atom is 0.297 e. The minimum absolute atomic E-state index is 0.00268. The smallest absolute Gasteiger partial charge is 0.297 e. The summed E-state index contributed by atoms with van der Waals surface area (Å²) in [6, 6.07) is 12.5. The summed E-state index contributed by atoms with van der Waals surface area (Å²) in [5.74, 6) is 0. The van der Waals surface area contributed by atoms with E-state index < -0.39 is 64.3 Å². The summed E-state index contributed by atoms with van der Waals surface area (Å²) < 4.78 is 89.6. The van der Waals surface area contributed by atoms with Crippen molar-refractivity contribution in [1.82, 2.24) is 0 Å². The van der Waals surface area contributed by atoms with Crippen LogP contribution in [-0.4, -0.2) is 74.3 Å². The third-order valence-electron chi connectivity index (χ3n) is 5.85. The minimum atomic E-state index is -4.07. The highest BCUT2D eigenvalue weighted by molar-refractivity contribution is 7.87. The van der Waals surface area contributed by atoms with Crippen molar-refractivity contribution in [2.24, 2.45) is 0 Å². The number of benzene rings is 2. The second kappa shape index (κ2) is 11.8. The molecule has 2 aliphatic rings. The van der Waals surface area contributed by atoms with Gasteiger partial charge in [0.15, 0.2) is 0 Å². The molecule has 204 valence electrons. The van der Waals surface area contributed by atoms with E-state index in [4.69, 9.17) is 32.1 Å². The van der Waals surface area contributed by atoms with Crippen molar-refractivity contribution < 1.29 is 48.9 Å². The summed E-state index contributed by atoms with van der Waals surface area (Å²) in [5, 5.41) is 0. The quantitative estimate of drug-likeness (QED) is 0.398. The molecule has 0 aliphatic carbocycles. The van der Waals surface area contributed by atoms with Gasteiger partial charge in [0.05, 0.1) is 23.0 Å². The Balaban J connectivity index is 1.46. The van der Waals surface area contributed by atoms with Crippen LogP contribution in [0.2, 0.25) is 0 Å². The Morgan fingerprint density at radius 1 is 0.730 bits per heavy atom. The highest BCUT2D eigenvalue weighted by Gasteiger charge is 2.49. The van der Waals surface area contributed by atoms with Crippen molar-refractivity contribution in [1.29, 1.82) is 0 Å². The third-order valence-corrected chi connectivity index (χ3v) is 8.45. The highest BCUT2D eigenvalue weighted by atomic mass is 32.2. The molecule has 0 aromatic heterocycles. The van der Waals surface area contributed by atoms with Crippen LogP contribution in [0.1, 0.15) is 18.1 Å². The monoisotopic (exact) mass is 558 g/mol. The number of ether oxygens (including phenoxy) is 5. The van der Waals surface area contributed by atoms with Crippen LogP contribution in [0.5, 0.6) is 0 Å². The van der Waals surface area contributed by atoms with E-state index >= 15 is 0 Å². The SMILES string of the molecule is CCOC1O[C@H]2[C@H](O1)[C@@H](COS(=O)(=O)c1ccc(C)cc1)OCO[C@@H]2COS(=O)(=O)c1ccc(C)cc1. The molecule has 2 heterocycles. The van der Waals surface area contributed by atoms with Gasteiger partial charge in [0.25, 0.3) is 26.7 Å². The Bertz CT molecular complexity index is 1150. The van der Waals surface area contributed by atoms with Crippen molar-refractivity contribution in [3.05, 3.63) is 59.7 Å². The van der Waals surface area contributed by atoms with Gasteiger partial charge in [0, 0.05) is 6.61 Å². The summed E-state index contributed by atoms with van der Waals surface area (Å²) >= 11 is 0. The van der Waals surface area contributed by atoms with Gasteiger partial charge in [-0.15, -0.1) is 0 Å². The molecule has 0 amide bonds. The van der Waals surface area contributed by atoms with Crippen molar-refractivity contribution in [2.45, 2.75) is 61.5 Å². The maximum atomic E-state index is 12.7. The lowest BCUT2D eigenvalue weighted by molar-refractivity contribution is -0.261. The second-order valence-electron chi connectivity index (χ2n) is 8.58. The van der Waals surface area contributed by atoms with Crippen LogP contribution in [0.4, 0.5) is 0 Å². The van der Waals surface area contributed by atoms with Gasteiger partial charge in [-0.2, -0.15) is 16.8 Å². The van der Waals surface area contributed by atoms with Gasteiger partial charge in [-0.3, -0.25) is 8.37 Å². The van der Waals surface area contributed by atoms with E-state index in [1.807, 2.05) is 13.8 Å². The fourth-order valence-corrected chi connectivity index (χ4v) is 5.64. The van der Waals surface area contributed by atoms with E-state index in [1.54, 1.807) is 31.2 Å². The summed E-state index contributed by atoms with van der Waals surface area (Å²) in [6.45, 7) is 3.55. The third kappa shape index (κ3) is 6.93. The Morgan fingerprint density at radius 3 is 1.51 bits per heavy atom. The Kier molecular flexibility index (Phi) is 8.99. The first-order valence-electron chi connectivity index (χ1n) is 11.7. The van der Waals surface area contributed by atoms with E-state index in [9.17, 15) is 16.8 Å². The van der Waals surface area contributed by atoms with Crippen molar-refractivity contribution in [2.75, 3.05) is 26.6 Å². The Labute approximate surface area is 216 Å². The van der Waals surface area contributed by atoms with E-state index in [0.717, 1.165) is 11.1 Å². The molecular formula is C24H30O11S2. The molecule has 2 aliphatic heterocycles. The molecule has 13 heteroatoms. The Hall–Kier alpha value is -1.94. The van der Waals surface area contributed by atoms with Crippen LogP contribution in [0.15, 0.2) is 58.3 Å². The lowest BCUT2D eigenvalue weighted by atomic mass is 10.0. The number of hydrogen-bond donors (Lipinski definition) is 0. The van der Waals surface area contributed by atoms with Crippen molar-refractivity contribution in [3.8, 4) is 0 Å². The molecule has 2 aromatic rings. The molecule has 0 bridgehead atoms. The predicted molar refractivity (Wildman–Crippen MR) is 128 cm³/mol. The van der Waals surface area contributed by atoms with Crippen LogP contribution in [-0.2, 0) is 52.3 Å². The fraction of sp³-hybridized carbons (Fsp3) is 0.500. The van der Waals surface area contributed by atoms with E-state index in [0.29, 0.717) is 0 Å². The zero-order chi connectivity index (χ0) is 26.6. The molecular weight excluding hydrogens is 528 g/mol. The van der Waals surface area contributed by atoms with Crippen LogP contribution >= 0.6 is 0 Å². The highest BCUT2D eigenvalue weighted by Crippen LogP contribution is 2.31. The molecule has 0 radical (unpaired) electrons. The maximum absolute atomic E-state index is 12.7. The van der Waals surface area contributed by atoms with Crippen molar-refractivity contribution in [3.63, 3.8) is 0 Å². The van der Waals surface area contributed by atoms with E-state index in [2.05, 4.69) is 0 Å².